The van der Waals surface area contributed by atoms with Gasteiger partial charge < -0.3 is 15.4 Å². The van der Waals surface area contributed by atoms with Crippen molar-refractivity contribution >= 4 is 45.9 Å². The smallest absolute Gasteiger partial charge is 0.191 e. The Bertz CT molecular complexity index is 794. The molecule has 9 heteroatoms. The monoisotopic (exact) mass is 548 g/mol. The molecule has 2 heterocycles. The van der Waals surface area contributed by atoms with Crippen molar-refractivity contribution in [3.05, 3.63) is 39.9 Å². The summed E-state index contributed by atoms with van der Waals surface area (Å²) in [5.74, 6) is 3.64. The molecule has 0 aliphatic carbocycles. The van der Waals surface area contributed by atoms with E-state index in [-0.39, 0.29) is 30.0 Å². The first-order valence-electron chi connectivity index (χ1n) is 8.85. The van der Waals surface area contributed by atoms with Crippen LogP contribution in [0.5, 0.6) is 5.75 Å². The number of nitrogens with one attached hydrogen (secondary N) is 2. The third kappa shape index (κ3) is 5.56. The zero-order valence-electron chi connectivity index (χ0n) is 15.8. The lowest BCUT2D eigenvalue weighted by molar-refractivity contribution is 0.391. The van der Waals surface area contributed by atoms with E-state index < -0.39 is 0 Å². The van der Waals surface area contributed by atoms with Gasteiger partial charge in [-0.1, -0.05) is 22.9 Å². The molecule has 2 aromatic rings. The van der Waals surface area contributed by atoms with Crippen LogP contribution in [0.15, 0.2) is 27.7 Å². The third-order valence-electron chi connectivity index (χ3n) is 4.47. The molecule has 0 saturated carbocycles. The zero-order valence-corrected chi connectivity index (χ0v) is 19.7. The number of halogens is 2. The molecule has 0 spiro atoms. The summed E-state index contributed by atoms with van der Waals surface area (Å²) in [6.45, 7) is 3.52. The van der Waals surface area contributed by atoms with Crippen LogP contribution in [-0.4, -0.2) is 40.9 Å². The molecule has 0 radical (unpaired) electrons. The highest BCUT2D eigenvalue weighted by Gasteiger charge is 2.22. The van der Waals surface area contributed by atoms with Gasteiger partial charge in [-0.3, -0.25) is 4.99 Å². The maximum absolute atomic E-state index is 5.43. The molecule has 7 nitrogen and oxygen atoms in total. The summed E-state index contributed by atoms with van der Waals surface area (Å²) in [5.41, 5.74) is 1.07. The molecule has 27 heavy (non-hydrogen) atoms. The minimum absolute atomic E-state index is 0. The maximum atomic E-state index is 5.43. The van der Waals surface area contributed by atoms with E-state index in [4.69, 9.17) is 4.74 Å². The Labute approximate surface area is 185 Å². The SMILES string of the molecule is CCc1nc2n(n1)CC(NC(=NC)NCc1cc(Br)ccc1OC)CC2.I. The standard InChI is InChI=1S/C18H25BrN6O.HI/c1-4-16-23-17-8-6-14(11-25(17)24-16)22-18(20-2)21-10-12-9-13(19)5-7-15(12)26-3;/h5,7,9,14H,4,6,8,10-11H2,1-3H3,(H2,20,21,22);1H. The number of methoxy groups -OCH3 is 1. The fraction of sp³-hybridized carbons (Fsp3) is 0.500. The lowest BCUT2D eigenvalue weighted by atomic mass is 10.1. The Balaban J connectivity index is 0.00000261. The van der Waals surface area contributed by atoms with Crippen molar-refractivity contribution in [2.24, 2.45) is 4.99 Å². The van der Waals surface area contributed by atoms with Gasteiger partial charge in [-0.05, 0) is 24.6 Å². The molecule has 3 rings (SSSR count). The Morgan fingerprint density at radius 2 is 2.26 bits per heavy atom. The van der Waals surface area contributed by atoms with Gasteiger partial charge in [-0.2, -0.15) is 5.10 Å². The van der Waals surface area contributed by atoms with Gasteiger partial charge in [0.15, 0.2) is 11.8 Å². The van der Waals surface area contributed by atoms with E-state index in [1.807, 2.05) is 22.9 Å². The van der Waals surface area contributed by atoms with E-state index in [9.17, 15) is 0 Å². The lowest BCUT2D eigenvalue weighted by Crippen LogP contribution is -2.46. The van der Waals surface area contributed by atoms with Gasteiger partial charge in [0, 0.05) is 42.5 Å². The second kappa shape index (κ2) is 10.3. The zero-order chi connectivity index (χ0) is 18.5. The second-order valence-corrected chi connectivity index (χ2v) is 7.16. The molecule has 1 aliphatic heterocycles. The van der Waals surface area contributed by atoms with Crippen LogP contribution < -0.4 is 15.4 Å². The number of nitrogens with zero attached hydrogens (tertiary/aromatic N) is 4. The van der Waals surface area contributed by atoms with Crippen molar-refractivity contribution in [1.82, 2.24) is 25.4 Å². The molecule has 0 amide bonds. The van der Waals surface area contributed by atoms with Gasteiger partial charge in [0.1, 0.15) is 11.6 Å². The van der Waals surface area contributed by atoms with Crippen LogP contribution in [0, 0.1) is 0 Å². The summed E-state index contributed by atoms with van der Waals surface area (Å²) in [5, 5.41) is 11.4. The minimum Gasteiger partial charge on any atom is -0.496 e. The van der Waals surface area contributed by atoms with Crippen molar-refractivity contribution in [3.8, 4) is 5.75 Å². The summed E-state index contributed by atoms with van der Waals surface area (Å²) in [4.78, 5) is 8.92. The first kappa shape index (κ1) is 21.9. The first-order valence-corrected chi connectivity index (χ1v) is 9.64. The average molecular weight is 549 g/mol. The first-order chi connectivity index (χ1) is 12.6. The largest absolute Gasteiger partial charge is 0.496 e. The molecule has 0 fully saturated rings. The number of aromatic nitrogens is 3. The quantitative estimate of drug-likeness (QED) is 0.341. The second-order valence-electron chi connectivity index (χ2n) is 6.24. The Hall–Kier alpha value is -1.36. The third-order valence-corrected chi connectivity index (χ3v) is 4.96. The number of guanidine groups is 1. The molecular formula is C18H26BrIN6O. The number of rotatable bonds is 5. The highest BCUT2D eigenvalue weighted by atomic mass is 127. The van der Waals surface area contributed by atoms with E-state index >= 15 is 0 Å². The summed E-state index contributed by atoms with van der Waals surface area (Å²) in [6, 6.07) is 6.26. The molecule has 1 aliphatic rings. The fourth-order valence-electron chi connectivity index (χ4n) is 3.08. The van der Waals surface area contributed by atoms with Crippen molar-refractivity contribution in [1.29, 1.82) is 0 Å². The highest BCUT2D eigenvalue weighted by Crippen LogP contribution is 2.22. The van der Waals surface area contributed by atoms with E-state index in [1.54, 1.807) is 14.2 Å². The van der Waals surface area contributed by atoms with Gasteiger partial charge in [0.2, 0.25) is 0 Å². The molecule has 1 atom stereocenters. The molecule has 1 unspecified atom stereocenters. The molecule has 148 valence electrons. The van der Waals surface area contributed by atoms with E-state index in [0.29, 0.717) is 6.54 Å². The normalized spacial score (nSPS) is 16.3. The molecule has 1 aromatic heterocycles. The Morgan fingerprint density at radius 3 is 2.96 bits per heavy atom. The van der Waals surface area contributed by atoms with Gasteiger partial charge in [-0.25, -0.2) is 9.67 Å². The Kier molecular flexibility index (Phi) is 8.33. The summed E-state index contributed by atoms with van der Waals surface area (Å²) >= 11 is 3.51. The van der Waals surface area contributed by atoms with Crippen LogP contribution in [0.2, 0.25) is 0 Å². The van der Waals surface area contributed by atoms with Crippen molar-refractivity contribution in [2.75, 3.05) is 14.2 Å². The Morgan fingerprint density at radius 1 is 1.44 bits per heavy atom. The number of ether oxygens (including phenoxy) is 1. The van der Waals surface area contributed by atoms with Gasteiger partial charge >= 0.3 is 0 Å². The minimum atomic E-state index is 0. The highest BCUT2D eigenvalue weighted by molar-refractivity contribution is 14.0. The molecule has 2 N–H and O–H groups in total. The molecule has 0 bridgehead atoms. The van der Waals surface area contributed by atoms with E-state index in [0.717, 1.165) is 59.2 Å². The number of benzene rings is 1. The maximum Gasteiger partial charge on any atom is 0.191 e. The predicted molar refractivity (Wildman–Crippen MR) is 121 cm³/mol. The van der Waals surface area contributed by atoms with Crippen LogP contribution in [0.3, 0.4) is 0 Å². The molecule has 1 aromatic carbocycles. The summed E-state index contributed by atoms with van der Waals surface area (Å²) in [7, 11) is 3.47. The number of aryl methyl sites for hydroxylation is 2. The summed E-state index contributed by atoms with van der Waals surface area (Å²) < 4.78 is 8.47. The van der Waals surface area contributed by atoms with Crippen LogP contribution in [-0.2, 0) is 25.9 Å². The van der Waals surface area contributed by atoms with E-state index in [2.05, 4.69) is 48.6 Å². The molecule has 0 saturated heterocycles. The number of aliphatic imine (C=N–C) groups is 1. The van der Waals surface area contributed by atoms with Gasteiger partial charge in [0.05, 0.1) is 13.7 Å². The van der Waals surface area contributed by atoms with E-state index in [1.165, 1.54) is 0 Å². The van der Waals surface area contributed by atoms with Crippen molar-refractivity contribution in [3.63, 3.8) is 0 Å². The summed E-state index contributed by atoms with van der Waals surface area (Å²) in [6.07, 6.45) is 2.82. The average Bonchev–Trinajstić information content (AvgIpc) is 3.07. The topological polar surface area (TPSA) is 76.4 Å². The number of hydrogen-bond acceptors (Lipinski definition) is 4. The fourth-order valence-corrected chi connectivity index (χ4v) is 3.49. The lowest BCUT2D eigenvalue weighted by Gasteiger charge is -2.25. The predicted octanol–water partition coefficient (Wildman–Crippen LogP) is 2.91. The van der Waals surface area contributed by atoms with Crippen molar-refractivity contribution < 1.29 is 4.74 Å². The van der Waals surface area contributed by atoms with Gasteiger partial charge in [-0.15, -0.1) is 24.0 Å². The van der Waals surface area contributed by atoms with Crippen molar-refractivity contribution in [2.45, 2.75) is 45.3 Å². The van der Waals surface area contributed by atoms with Crippen LogP contribution in [0.1, 0.15) is 30.6 Å². The van der Waals surface area contributed by atoms with Gasteiger partial charge in [0.25, 0.3) is 0 Å². The molecular weight excluding hydrogens is 523 g/mol. The van der Waals surface area contributed by atoms with Crippen LogP contribution in [0.25, 0.3) is 0 Å². The van der Waals surface area contributed by atoms with Crippen LogP contribution >= 0.6 is 39.9 Å². The number of fused-ring (bicyclic) bond motifs is 1. The number of hydrogen-bond donors (Lipinski definition) is 2. The van der Waals surface area contributed by atoms with Crippen LogP contribution in [0.4, 0.5) is 0 Å².